The number of aromatic nitrogens is 2. The van der Waals surface area contributed by atoms with Crippen molar-refractivity contribution in [3.63, 3.8) is 0 Å². The second-order valence-corrected chi connectivity index (χ2v) is 8.67. The fourth-order valence-corrected chi connectivity index (χ4v) is 3.29. The predicted molar refractivity (Wildman–Crippen MR) is 127 cm³/mol. The van der Waals surface area contributed by atoms with Gasteiger partial charge in [0.05, 0.1) is 33.7 Å². The second-order valence-electron chi connectivity index (χ2n) is 8.32. The van der Waals surface area contributed by atoms with E-state index < -0.39 is 5.91 Å². The molecule has 1 aromatic heterocycles. The van der Waals surface area contributed by atoms with Crippen LogP contribution in [-0.4, -0.2) is 66.5 Å². The minimum atomic E-state index is -0.435. The molecule has 0 saturated heterocycles. The summed E-state index contributed by atoms with van der Waals surface area (Å²) >= 11 is 5.82. The van der Waals surface area contributed by atoms with Crippen LogP contribution in [0.15, 0.2) is 30.3 Å². The summed E-state index contributed by atoms with van der Waals surface area (Å²) in [6.45, 7) is 2.77. The Balaban J connectivity index is 0.00000544. The lowest BCUT2D eigenvalue weighted by Crippen LogP contribution is -3.00. The highest BCUT2D eigenvalue weighted by atomic mass is 79.9. The number of nitrogen functional groups attached to an aromatic ring is 2. The van der Waals surface area contributed by atoms with Crippen LogP contribution in [0.3, 0.4) is 0 Å². The molecule has 0 saturated carbocycles. The molecule has 0 spiro atoms. The van der Waals surface area contributed by atoms with Crippen molar-refractivity contribution in [3.05, 3.63) is 46.7 Å². The Kier molecular flexibility index (Phi) is 12.1. The van der Waals surface area contributed by atoms with Crippen LogP contribution in [0.4, 0.5) is 11.6 Å². The van der Waals surface area contributed by atoms with Crippen LogP contribution in [0, 0.1) is 0 Å². The fourth-order valence-electron chi connectivity index (χ4n) is 3.16. The van der Waals surface area contributed by atoms with Gasteiger partial charge in [0.15, 0.2) is 22.5 Å². The van der Waals surface area contributed by atoms with Gasteiger partial charge in [-0.3, -0.25) is 9.59 Å². The first-order chi connectivity index (χ1) is 15.2. The first kappa shape index (κ1) is 28.6. The molecular formula is C22H33BrClN7O2. The molecule has 0 aliphatic heterocycles. The molecule has 2 amide bonds. The van der Waals surface area contributed by atoms with Crippen LogP contribution in [0.5, 0.6) is 0 Å². The molecule has 182 valence electrons. The van der Waals surface area contributed by atoms with Gasteiger partial charge in [-0.25, -0.2) is 9.97 Å². The highest BCUT2D eigenvalue weighted by molar-refractivity contribution is 6.31. The van der Waals surface area contributed by atoms with Gasteiger partial charge < -0.3 is 43.6 Å². The molecule has 0 atom stereocenters. The van der Waals surface area contributed by atoms with Crippen molar-refractivity contribution in [2.24, 2.45) is 0 Å². The molecule has 11 heteroatoms. The van der Waals surface area contributed by atoms with Gasteiger partial charge in [-0.15, -0.1) is 0 Å². The number of likely N-dealkylation sites (N-methyl/N-ethyl adjacent to an activating group) is 1. The average molecular weight is 543 g/mol. The number of amides is 2. The monoisotopic (exact) mass is 541 g/mol. The fraction of sp³-hybridized carbons (Fsp3) is 0.455. The molecule has 1 aromatic carbocycles. The molecule has 0 aliphatic rings. The zero-order valence-corrected chi connectivity index (χ0v) is 21.5. The Morgan fingerprint density at radius 2 is 1.67 bits per heavy atom. The van der Waals surface area contributed by atoms with E-state index in [1.165, 1.54) is 5.56 Å². The zero-order chi connectivity index (χ0) is 23.6. The number of hydrogen-bond donors (Lipinski definition) is 4. The maximum Gasteiger partial charge on any atom is 0.273 e. The van der Waals surface area contributed by atoms with E-state index in [0.717, 1.165) is 36.8 Å². The van der Waals surface area contributed by atoms with Crippen molar-refractivity contribution in [2.75, 3.05) is 51.7 Å². The van der Waals surface area contributed by atoms with Gasteiger partial charge >= 0.3 is 0 Å². The normalized spacial score (nSPS) is 10.9. The number of unbranched alkanes of at least 4 members (excludes halogenated alkanes) is 1. The summed E-state index contributed by atoms with van der Waals surface area (Å²) in [5.74, 6) is -0.416. The zero-order valence-electron chi connectivity index (χ0n) is 19.1. The number of carbonyl (C=O) groups excluding carboxylic acids is 2. The largest absolute Gasteiger partial charge is 1.00 e. The van der Waals surface area contributed by atoms with Gasteiger partial charge in [0, 0.05) is 13.0 Å². The third kappa shape index (κ3) is 10.4. The summed E-state index contributed by atoms with van der Waals surface area (Å²) < 4.78 is 0.728. The van der Waals surface area contributed by atoms with Crippen molar-refractivity contribution in [1.82, 2.24) is 20.6 Å². The minimum Gasteiger partial charge on any atom is -1.00 e. The molecule has 33 heavy (non-hydrogen) atoms. The molecule has 0 bridgehead atoms. The van der Waals surface area contributed by atoms with E-state index in [1.54, 1.807) is 0 Å². The number of rotatable bonds is 12. The molecule has 0 unspecified atom stereocenters. The summed E-state index contributed by atoms with van der Waals surface area (Å²) in [7, 11) is 4.19. The highest BCUT2D eigenvalue weighted by Gasteiger charge is 2.18. The number of hydrogen-bond acceptors (Lipinski definition) is 6. The van der Waals surface area contributed by atoms with E-state index in [9.17, 15) is 9.59 Å². The van der Waals surface area contributed by atoms with E-state index in [1.807, 2.05) is 30.3 Å². The molecule has 0 radical (unpaired) electrons. The van der Waals surface area contributed by atoms with Gasteiger partial charge in [-0.2, -0.15) is 0 Å². The number of nitrogens with two attached hydrogens (primary N) is 2. The summed E-state index contributed by atoms with van der Waals surface area (Å²) in [6.07, 6.45) is 3.12. The Morgan fingerprint density at radius 1 is 0.970 bits per heavy atom. The molecule has 0 aliphatic carbocycles. The lowest BCUT2D eigenvalue weighted by molar-refractivity contribution is -0.889. The highest BCUT2D eigenvalue weighted by Crippen LogP contribution is 2.17. The van der Waals surface area contributed by atoms with E-state index in [4.69, 9.17) is 23.1 Å². The molecule has 6 N–H and O–H groups in total. The number of nitrogens with zero attached hydrogens (tertiary/aromatic N) is 3. The van der Waals surface area contributed by atoms with E-state index in [-0.39, 0.29) is 45.4 Å². The first-order valence-electron chi connectivity index (χ1n) is 10.7. The molecule has 2 rings (SSSR count). The summed E-state index contributed by atoms with van der Waals surface area (Å²) in [5, 5.41) is 5.73. The molecule has 9 nitrogen and oxygen atoms in total. The maximum absolute atomic E-state index is 12.3. The number of benzene rings is 1. The summed E-state index contributed by atoms with van der Waals surface area (Å²) in [4.78, 5) is 32.0. The van der Waals surface area contributed by atoms with Crippen LogP contribution in [0.2, 0.25) is 5.15 Å². The van der Waals surface area contributed by atoms with Crippen molar-refractivity contribution in [3.8, 4) is 0 Å². The lowest BCUT2D eigenvalue weighted by Gasteiger charge is -2.30. The summed E-state index contributed by atoms with van der Waals surface area (Å²) in [6, 6.07) is 10.00. The Hall–Kier alpha value is -2.43. The Labute approximate surface area is 210 Å². The van der Waals surface area contributed by atoms with Gasteiger partial charge in [0.25, 0.3) is 5.91 Å². The number of carbonyl (C=O) groups is 2. The third-order valence-corrected chi connectivity index (χ3v) is 5.40. The SMILES string of the molecule is C[N+](C)(CCCCNC(=O)CCc1ccccc1)CCNC(=O)c1nc(Cl)c(N)nc1N.[Br-]. The molecule has 1 heterocycles. The van der Waals surface area contributed by atoms with Crippen molar-refractivity contribution in [2.45, 2.75) is 25.7 Å². The van der Waals surface area contributed by atoms with Gasteiger partial charge in [0.1, 0.15) is 0 Å². The van der Waals surface area contributed by atoms with Gasteiger partial charge in [0.2, 0.25) is 5.91 Å². The van der Waals surface area contributed by atoms with Gasteiger partial charge in [-0.05, 0) is 24.8 Å². The van der Waals surface area contributed by atoms with Crippen LogP contribution in [-0.2, 0) is 11.2 Å². The predicted octanol–water partition coefficient (Wildman–Crippen LogP) is -1.37. The van der Waals surface area contributed by atoms with Crippen LogP contribution in [0.1, 0.15) is 35.3 Å². The number of quaternary nitrogens is 1. The Morgan fingerprint density at radius 3 is 2.36 bits per heavy atom. The smallest absolute Gasteiger partial charge is 0.273 e. The van der Waals surface area contributed by atoms with Crippen molar-refractivity contribution in [1.29, 1.82) is 0 Å². The average Bonchev–Trinajstić information content (AvgIpc) is 2.75. The second kappa shape index (κ2) is 14.0. The van der Waals surface area contributed by atoms with Crippen molar-refractivity contribution >= 4 is 35.1 Å². The van der Waals surface area contributed by atoms with Crippen LogP contribution in [0.25, 0.3) is 0 Å². The first-order valence-corrected chi connectivity index (χ1v) is 11.0. The van der Waals surface area contributed by atoms with E-state index >= 15 is 0 Å². The Bertz CT molecular complexity index is 913. The summed E-state index contributed by atoms with van der Waals surface area (Å²) in [5.41, 5.74) is 12.4. The lowest BCUT2D eigenvalue weighted by atomic mass is 10.1. The number of anilines is 2. The van der Waals surface area contributed by atoms with Gasteiger partial charge in [-0.1, -0.05) is 41.9 Å². The van der Waals surface area contributed by atoms with E-state index in [2.05, 4.69) is 34.7 Å². The maximum atomic E-state index is 12.3. The molecule has 2 aromatic rings. The standard InChI is InChI=1S/C22H32ClN7O2.BrH/c1-30(2,15-13-27-22(32)18-20(24)29-21(25)19(23)28-18)14-7-6-12-26-17(31)11-10-16-8-4-3-5-9-16;/h3-5,8-9H,6-7,10-15H2,1-2H3,(H5-,24,25,26,27,29,31,32);1H. The molecule has 0 fully saturated rings. The topological polar surface area (TPSA) is 136 Å². The molecular weight excluding hydrogens is 510 g/mol. The van der Waals surface area contributed by atoms with Crippen LogP contribution >= 0.6 is 11.6 Å². The van der Waals surface area contributed by atoms with Crippen LogP contribution < -0.4 is 39.1 Å². The number of aryl methyl sites for hydroxylation is 1. The number of nitrogens with one attached hydrogen (secondary N) is 2. The minimum absolute atomic E-state index is 0. The van der Waals surface area contributed by atoms with E-state index in [0.29, 0.717) is 19.5 Å². The quantitative estimate of drug-likeness (QED) is 0.193. The number of halogens is 2. The third-order valence-electron chi connectivity index (χ3n) is 5.12. The van der Waals surface area contributed by atoms with Crippen molar-refractivity contribution < 1.29 is 31.1 Å².